The molecule has 4 heteroatoms. The molecule has 0 aliphatic carbocycles. The van der Waals surface area contributed by atoms with Crippen molar-refractivity contribution in [3.05, 3.63) is 47.3 Å². The van der Waals surface area contributed by atoms with Gasteiger partial charge in [0, 0.05) is 23.1 Å². The lowest BCUT2D eigenvalue weighted by Gasteiger charge is -2.15. The Kier molecular flexibility index (Phi) is 4.36. The first-order chi connectivity index (χ1) is 9.93. The number of carbonyl (C=O) groups is 1. The predicted molar refractivity (Wildman–Crippen MR) is 82.6 cm³/mol. The van der Waals surface area contributed by atoms with Gasteiger partial charge in [-0.15, -0.1) is 0 Å². The first kappa shape index (κ1) is 15.2. The molecular weight excluding hydrogens is 266 g/mol. The molecule has 1 N–H and O–H groups in total. The summed E-state index contributed by atoms with van der Waals surface area (Å²) >= 11 is 0. The van der Waals surface area contributed by atoms with Crippen molar-refractivity contribution in [2.45, 2.75) is 40.2 Å². The maximum absolute atomic E-state index is 11.2. The van der Waals surface area contributed by atoms with Crippen LogP contribution in [0.5, 0.6) is 5.75 Å². The number of nitrogens with zero attached hydrogens (tertiary/aromatic N) is 1. The predicted octanol–water partition coefficient (Wildman–Crippen LogP) is 3.97. The molecule has 2 rings (SSSR count). The Morgan fingerprint density at radius 2 is 2.05 bits per heavy atom. The highest BCUT2D eigenvalue weighted by Crippen LogP contribution is 2.24. The second kappa shape index (κ2) is 6.04. The minimum atomic E-state index is -0.902. The summed E-state index contributed by atoms with van der Waals surface area (Å²) in [5.41, 5.74) is 2.87. The summed E-state index contributed by atoms with van der Waals surface area (Å²) < 4.78 is 7.77. The summed E-state index contributed by atoms with van der Waals surface area (Å²) in [5.74, 6) is -0.104. The second-order valence-corrected chi connectivity index (χ2v) is 5.26. The van der Waals surface area contributed by atoms with Crippen molar-refractivity contribution < 1.29 is 14.6 Å². The van der Waals surface area contributed by atoms with E-state index < -0.39 is 5.97 Å². The van der Waals surface area contributed by atoms with Gasteiger partial charge in [0.1, 0.15) is 5.75 Å². The van der Waals surface area contributed by atoms with Crippen LogP contribution in [0.3, 0.4) is 0 Å². The van der Waals surface area contributed by atoms with E-state index in [1.807, 2.05) is 49.6 Å². The molecule has 0 amide bonds. The van der Waals surface area contributed by atoms with Crippen molar-refractivity contribution in [1.29, 1.82) is 0 Å². The Morgan fingerprint density at radius 3 is 2.62 bits per heavy atom. The fourth-order valence-electron chi connectivity index (χ4n) is 2.39. The summed E-state index contributed by atoms with van der Waals surface area (Å²) in [6.45, 7) is 7.83. The number of hydrogen-bond acceptors (Lipinski definition) is 2. The molecule has 0 saturated carbocycles. The van der Waals surface area contributed by atoms with Crippen LogP contribution >= 0.6 is 0 Å². The lowest BCUT2D eigenvalue weighted by Crippen LogP contribution is -2.10. The van der Waals surface area contributed by atoms with Gasteiger partial charge in [-0.3, -0.25) is 0 Å². The Morgan fingerprint density at radius 1 is 1.33 bits per heavy atom. The highest BCUT2D eigenvalue weighted by atomic mass is 16.5. The molecule has 0 spiro atoms. The smallest absolute Gasteiger partial charge is 0.337 e. The van der Waals surface area contributed by atoms with E-state index in [0.29, 0.717) is 5.56 Å². The molecule has 21 heavy (non-hydrogen) atoms. The summed E-state index contributed by atoms with van der Waals surface area (Å²) in [6, 6.07) is 9.43. The van der Waals surface area contributed by atoms with Crippen LogP contribution in [0.1, 0.15) is 42.0 Å². The van der Waals surface area contributed by atoms with Gasteiger partial charge in [-0.2, -0.15) is 0 Å². The van der Waals surface area contributed by atoms with E-state index in [1.165, 1.54) is 0 Å². The third kappa shape index (κ3) is 3.10. The molecule has 4 nitrogen and oxygen atoms in total. The Bertz CT molecular complexity index is 658. The van der Waals surface area contributed by atoms with Crippen LogP contribution in [-0.4, -0.2) is 21.7 Å². The minimum absolute atomic E-state index is 0.154. The average Bonchev–Trinajstić information content (AvgIpc) is 2.74. The summed E-state index contributed by atoms with van der Waals surface area (Å²) in [4.78, 5) is 11.2. The third-order valence-corrected chi connectivity index (χ3v) is 3.65. The van der Waals surface area contributed by atoms with Crippen molar-refractivity contribution in [2.24, 2.45) is 0 Å². The second-order valence-electron chi connectivity index (χ2n) is 5.26. The maximum Gasteiger partial charge on any atom is 0.337 e. The van der Waals surface area contributed by atoms with E-state index in [2.05, 4.69) is 6.92 Å². The molecule has 1 aromatic carbocycles. The number of carboxylic acid groups (broad SMARTS) is 1. The van der Waals surface area contributed by atoms with Crippen LogP contribution < -0.4 is 4.74 Å². The maximum atomic E-state index is 11.2. The molecule has 112 valence electrons. The van der Waals surface area contributed by atoms with Gasteiger partial charge in [-0.25, -0.2) is 4.79 Å². The lowest BCUT2D eigenvalue weighted by atomic mass is 10.2. The quantitative estimate of drug-likeness (QED) is 0.905. The third-order valence-electron chi connectivity index (χ3n) is 3.65. The number of ether oxygens (including phenoxy) is 1. The lowest BCUT2D eigenvalue weighted by molar-refractivity contribution is 0.0696. The van der Waals surface area contributed by atoms with E-state index >= 15 is 0 Å². The highest BCUT2D eigenvalue weighted by molar-refractivity contribution is 5.89. The van der Waals surface area contributed by atoms with Crippen LogP contribution in [0.2, 0.25) is 0 Å². The first-order valence-electron chi connectivity index (χ1n) is 7.13. The van der Waals surface area contributed by atoms with Crippen molar-refractivity contribution in [3.8, 4) is 11.4 Å². The van der Waals surface area contributed by atoms with Crippen LogP contribution in [0, 0.1) is 13.8 Å². The molecule has 1 atom stereocenters. The molecule has 0 fully saturated rings. The molecule has 0 saturated heterocycles. The summed E-state index contributed by atoms with van der Waals surface area (Å²) in [6.07, 6.45) is 1.09. The van der Waals surface area contributed by atoms with Gasteiger partial charge in [0.25, 0.3) is 0 Å². The molecular formula is C17H21NO3. The fourth-order valence-corrected chi connectivity index (χ4v) is 2.39. The first-order valence-corrected chi connectivity index (χ1v) is 7.13. The van der Waals surface area contributed by atoms with Crippen molar-refractivity contribution in [1.82, 2.24) is 4.57 Å². The fraction of sp³-hybridized carbons (Fsp3) is 0.353. The number of hydrogen-bond donors (Lipinski definition) is 1. The number of aryl methyl sites for hydroxylation is 1. The van der Waals surface area contributed by atoms with E-state index in [-0.39, 0.29) is 6.10 Å². The minimum Gasteiger partial charge on any atom is -0.491 e. The zero-order valence-corrected chi connectivity index (χ0v) is 12.9. The average molecular weight is 287 g/mol. The van der Waals surface area contributed by atoms with Crippen molar-refractivity contribution in [2.75, 3.05) is 0 Å². The molecule has 2 aromatic rings. The van der Waals surface area contributed by atoms with Gasteiger partial charge in [0.05, 0.1) is 11.7 Å². The number of aromatic carboxylic acids is 1. The topological polar surface area (TPSA) is 51.5 Å². The normalized spacial score (nSPS) is 12.2. The zero-order chi connectivity index (χ0) is 15.6. The number of benzene rings is 1. The molecule has 0 bridgehead atoms. The van der Waals surface area contributed by atoms with E-state index in [1.54, 1.807) is 6.07 Å². The largest absolute Gasteiger partial charge is 0.491 e. The van der Waals surface area contributed by atoms with E-state index in [0.717, 1.165) is 29.2 Å². The molecule has 0 aliphatic heterocycles. The molecule has 1 heterocycles. The molecule has 1 aromatic heterocycles. The zero-order valence-electron chi connectivity index (χ0n) is 12.9. The standard InChI is InChI=1S/C17H21NO3/c1-5-12(3)21-15-8-6-7-14(10-15)18-11(2)9-16(13(18)4)17(19)20/h6-10,12H,5H2,1-4H3,(H,19,20). The van der Waals surface area contributed by atoms with Crippen LogP contribution in [0.25, 0.3) is 5.69 Å². The number of aromatic nitrogens is 1. The van der Waals surface area contributed by atoms with Crippen LogP contribution in [0.4, 0.5) is 0 Å². The van der Waals surface area contributed by atoms with Gasteiger partial charge >= 0.3 is 5.97 Å². The number of rotatable bonds is 5. The summed E-state index contributed by atoms with van der Waals surface area (Å²) in [7, 11) is 0. The summed E-state index contributed by atoms with van der Waals surface area (Å²) in [5, 5.41) is 9.22. The van der Waals surface area contributed by atoms with Crippen LogP contribution in [-0.2, 0) is 0 Å². The van der Waals surface area contributed by atoms with Gasteiger partial charge in [0.2, 0.25) is 0 Å². The highest BCUT2D eigenvalue weighted by Gasteiger charge is 2.16. The number of carboxylic acids is 1. The Hall–Kier alpha value is -2.23. The Balaban J connectivity index is 2.43. The van der Waals surface area contributed by atoms with E-state index in [9.17, 15) is 9.90 Å². The monoisotopic (exact) mass is 287 g/mol. The van der Waals surface area contributed by atoms with Gasteiger partial charge in [0.15, 0.2) is 0 Å². The molecule has 1 unspecified atom stereocenters. The van der Waals surface area contributed by atoms with Crippen molar-refractivity contribution >= 4 is 5.97 Å². The van der Waals surface area contributed by atoms with Gasteiger partial charge in [-0.1, -0.05) is 13.0 Å². The van der Waals surface area contributed by atoms with Crippen LogP contribution in [0.15, 0.2) is 30.3 Å². The SMILES string of the molecule is CCC(C)Oc1cccc(-n2c(C)cc(C(=O)O)c2C)c1. The molecule has 0 radical (unpaired) electrons. The van der Waals surface area contributed by atoms with E-state index in [4.69, 9.17) is 4.74 Å². The Labute approximate surface area is 125 Å². The molecule has 0 aliphatic rings. The van der Waals surface area contributed by atoms with Crippen molar-refractivity contribution in [3.63, 3.8) is 0 Å². The van der Waals surface area contributed by atoms with Gasteiger partial charge in [-0.05, 0) is 45.4 Å². The van der Waals surface area contributed by atoms with Gasteiger partial charge < -0.3 is 14.4 Å².